The lowest BCUT2D eigenvalue weighted by molar-refractivity contribution is 0.175. The van der Waals surface area contributed by atoms with Gasteiger partial charge in [0.05, 0.1) is 0 Å². The van der Waals surface area contributed by atoms with Crippen LogP contribution in [0.5, 0.6) is 5.88 Å². The molecule has 1 aromatic heterocycles. The minimum absolute atomic E-state index is 0.217. The summed E-state index contributed by atoms with van der Waals surface area (Å²) in [5, 5.41) is 0. The molecule has 0 aromatic carbocycles. The summed E-state index contributed by atoms with van der Waals surface area (Å²) in [5.41, 5.74) is 0. The maximum absolute atomic E-state index is 13.2. The number of rotatable bonds is 4. The van der Waals surface area contributed by atoms with Crippen molar-refractivity contribution in [1.82, 2.24) is 9.88 Å². The fourth-order valence-electron chi connectivity index (χ4n) is 1.98. The van der Waals surface area contributed by atoms with Crippen LogP contribution in [-0.2, 0) is 0 Å². The summed E-state index contributed by atoms with van der Waals surface area (Å²) >= 11 is 0. The van der Waals surface area contributed by atoms with Gasteiger partial charge in [0.2, 0.25) is 0 Å². The first-order valence-corrected chi connectivity index (χ1v) is 6.03. The van der Waals surface area contributed by atoms with E-state index in [0.717, 1.165) is 25.9 Å². The number of ether oxygens (including phenoxy) is 1. The van der Waals surface area contributed by atoms with Gasteiger partial charge in [0, 0.05) is 12.6 Å². The Bertz CT molecular complexity index is 409. The van der Waals surface area contributed by atoms with Gasteiger partial charge in [-0.1, -0.05) is 6.42 Å². The molecule has 0 unspecified atom stereocenters. The Labute approximate surface area is 104 Å². The van der Waals surface area contributed by atoms with Crippen LogP contribution in [0.1, 0.15) is 19.3 Å². The predicted octanol–water partition coefficient (Wildman–Crippen LogP) is 2.36. The van der Waals surface area contributed by atoms with Crippen molar-refractivity contribution in [3.05, 3.63) is 23.6 Å². The van der Waals surface area contributed by atoms with Gasteiger partial charge in [-0.3, -0.25) is 4.90 Å². The monoisotopic (exact) mass is 260 g/mol. The van der Waals surface area contributed by atoms with Crippen LogP contribution in [0, 0.1) is 17.6 Å². The number of hydrogen-bond acceptors (Lipinski definition) is 3. The second-order valence-corrected chi connectivity index (χ2v) is 4.30. The number of hydrogen-bond donors (Lipinski definition) is 0. The van der Waals surface area contributed by atoms with E-state index >= 15 is 0 Å². The maximum Gasteiger partial charge on any atom is 0.253 e. The Morgan fingerprint density at radius 3 is 2.56 bits per heavy atom. The van der Waals surface area contributed by atoms with E-state index in [1.54, 1.807) is 0 Å². The molecule has 1 aromatic rings. The Kier molecular flexibility index (Phi) is 4.41. The van der Waals surface area contributed by atoms with Gasteiger partial charge in [0.15, 0.2) is 11.6 Å². The average Bonchev–Trinajstić information content (AvgIpc) is 2.37. The lowest BCUT2D eigenvalue weighted by Crippen LogP contribution is -2.33. The van der Waals surface area contributed by atoms with Crippen LogP contribution in [0.2, 0.25) is 0 Å². The number of nitrogens with zero attached hydrogens (tertiary/aromatic N) is 2. The van der Waals surface area contributed by atoms with Gasteiger partial charge >= 0.3 is 0 Å². The third-order valence-electron chi connectivity index (χ3n) is 2.95. The second kappa shape index (κ2) is 6.04. The molecule has 1 aliphatic heterocycles. The van der Waals surface area contributed by atoms with Crippen LogP contribution in [0.3, 0.4) is 0 Å². The second-order valence-electron chi connectivity index (χ2n) is 4.30. The van der Waals surface area contributed by atoms with Crippen molar-refractivity contribution in [2.24, 2.45) is 0 Å². The highest BCUT2D eigenvalue weighted by atomic mass is 19.2. The molecule has 2 heterocycles. The molecule has 0 atom stereocenters. The third kappa shape index (κ3) is 3.35. The number of piperidine rings is 1. The van der Waals surface area contributed by atoms with Gasteiger partial charge in [0.25, 0.3) is 11.8 Å². The summed E-state index contributed by atoms with van der Waals surface area (Å²) in [6, 6.07) is 0.443. The molecule has 100 valence electrons. The summed E-state index contributed by atoms with van der Waals surface area (Å²) in [4.78, 5) is 5.29. The highest BCUT2D eigenvalue weighted by molar-refractivity contribution is 5.15. The standard InChI is InChI=1S/C12H15F3N2O/c13-9-8-10(14)12(16-11(9)15)18-7-6-17-4-2-1-3-5-17/h8H,1-7H2. The fraction of sp³-hybridized carbons (Fsp3) is 0.583. The Morgan fingerprint density at radius 2 is 1.83 bits per heavy atom. The predicted molar refractivity (Wildman–Crippen MR) is 59.9 cm³/mol. The van der Waals surface area contributed by atoms with Crippen LogP contribution >= 0.6 is 0 Å². The average molecular weight is 260 g/mol. The molecule has 0 saturated carbocycles. The van der Waals surface area contributed by atoms with E-state index in [4.69, 9.17) is 4.74 Å². The maximum atomic E-state index is 13.2. The van der Waals surface area contributed by atoms with Crippen molar-refractivity contribution < 1.29 is 17.9 Å². The largest absolute Gasteiger partial charge is 0.474 e. The van der Waals surface area contributed by atoms with Gasteiger partial charge in [-0.2, -0.15) is 9.37 Å². The minimum atomic E-state index is -1.34. The van der Waals surface area contributed by atoms with E-state index in [0.29, 0.717) is 12.6 Å². The molecule has 6 heteroatoms. The zero-order valence-electron chi connectivity index (χ0n) is 9.96. The van der Waals surface area contributed by atoms with E-state index in [1.165, 1.54) is 6.42 Å². The van der Waals surface area contributed by atoms with Gasteiger partial charge in [-0.25, -0.2) is 8.78 Å². The number of halogens is 3. The van der Waals surface area contributed by atoms with E-state index in [9.17, 15) is 13.2 Å². The zero-order valence-corrected chi connectivity index (χ0v) is 9.96. The quantitative estimate of drug-likeness (QED) is 0.777. The topological polar surface area (TPSA) is 25.4 Å². The van der Waals surface area contributed by atoms with E-state index in [1.807, 2.05) is 0 Å². The van der Waals surface area contributed by atoms with Crippen molar-refractivity contribution in [3.63, 3.8) is 0 Å². The van der Waals surface area contributed by atoms with Crippen molar-refractivity contribution >= 4 is 0 Å². The summed E-state index contributed by atoms with van der Waals surface area (Å²) in [6.45, 7) is 2.85. The molecule has 2 rings (SSSR count). The molecular formula is C12H15F3N2O. The van der Waals surface area contributed by atoms with Gasteiger partial charge in [0.1, 0.15) is 6.61 Å². The van der Waals surface area contributed by atoms with Crippen LogP contribution in [-0.4, -0.2) is 36.1 Å². The Morgan fingerprint density at radius 1 is 1.11 bits per heavy atom. The molecule has 0 radical (unpaired) electrons. The van der Waals surface area contributed by atoms with E-state index in [-0.39, 0.29) is 6.61 Å². The SMILES string of the molecule is Fc1cc(F)c(OCCN2CCCCC2)nc1F. The molecule has 18 heavy (non-hydrogen) atoms. The van der Waals surface area contributed by atoms with E-state index in [2.05, 4.69) is 9.88 Å². The summed E-state index contributed by atoms with van der Waals surface area (Å²) in [7, 11) is 0. The lowest BCUT2D eigenvalue weighted by atomic mass is 10.1. The molecule has 3 nitrogen and oxygen atoms in total. The fourth-order valence-corrected chi connectivity index (χ4v) is 1.98. The highest BCUT2D eigenvalue weighted by Gasteiger charge is 2.14. The molecule has 0 aliphatic carbocycles. The third-order valence-corrected chi connectivity index (χ3v) is 2.95. The summed E-state index contributed by atoms with van der Waals surface area (Å²) < 4.78 is 43.7. The first-order valence-electron chi connectivity index (χ1n) is 6.03. The molecule has 1 saturated heterocycles. The Hall–Kier alpha value is -1.30. The van der Waals surface area contributed by atoms with Crippen molar-refractivity contribution in [2.75, 3.05) is 26.2 Å². The minimum Gasteiger partial charge on any atom is -0.474 e. The van der Waals surface area contributed by atoms with Crippen LogP contribution in [0.4, 0.5) is 13.2 Å². The summed E-state index contributed by atoms with van der Waals surface area (Å²) in [6.07, 6.45) is 3.53. The van der Waals surface area contributed by atoms with Crippen molar-refractivity contribution in [2.45, 2.75) is 19.3 Å². The number of likely N-dealkylation sites (tertiary alicyclic amines) is 1. The molecule has 1 fully saturated rings. The highest BCUT2D eigenvalue weighted by Crippen LogP contribution is 2.16. The molecule has 0 N–H and O–H groups in total. The van der Waals surface area contributed by atoms with Crippen molar-refractivity contribution in [3.8, 4) is 5.88 Å². The van der Waals surface area contributed by atoms with Gasteiger partial charge < -0.3 is 4.74 Å². The smallest absolute Gasteiger partial charge is 0.253 e. The summed E-state index contributed by atoms with van der Waals surface area (Å²) in [5.74, 6) is -4.11. The van der Waals surface area contributed by atoms with Crippen molar-refractivity contribution in [1.29, 1.82) is 0 Å². The first-order chi connectivity index (χ1) is 8.66. The normalized spacial score (nSPS) is 16.8. The molecular weight excluding hydrogens is 245 g/mol. The van der Waals surface area contributed by atoms with Crippen LogP contribution < -0.4 is 4.74 Å². The molecule has 0 bridgehead atoms. The van der Waals surface area contributed by atoms with Crippen LogP contribution in [0.15, 0.2) is 6.07 Å². The molecule has 1 aliphatic rings. The zero-order chi connectivity index (χ0) is 13.0. The Balaban J connectivity index is 1.84. The first kappa shape index (κ1) is 13.1. The van der Waals surface area contributed by atoms with Crippen LogP contribution in [0.25, 0.3) is 0 Å². The van der Waals surface area contributed by atoms with Gasteiger partial charge in [-0.15, -0.1) is 0 Å². The van der Waals surface area contributed by atoms with E-state index < -0.39 is 23.5 Å². The number of pyridine rings is 1. The lowest BCUT2D eigenvalue weighted by Gasteiger charge is -2.26. The molecule has 0 spiro atoms. The van der Waals surface area contributed by atoms with Gasteiger partial charge in [-0.05, 0) is 25.9 Å². The molecule has 0 amide bonds. The number of aromatic nitrogens is 1.